The molecule has 0 aliphatic heterocycles. The van der Waals surface area contributed by atoms with E-state index in [1.165, 1.54) is 0 Å². The molecule has 1 aromatic carbocycles. The lowest BCUT2D eigenvalue weighted by molar-refractivity contribution is -0.142. The first-order chi connectivity index (χ1) is 9.52. The highest BCUT2D eigenvalue weighted by Gasteiger charge is 2.19. The van der Waals surface area contributed by atoms with Gasteiger partial charge in [-0.2, -0.15) is 0 Å². The van der Waals surface area contributed by atoms with Crippen LogP contribution in [0.15, 0.2) is 36.9 Å². The Kier molecular flexibility index (Phi) is 7.06. The topological polar surface area (TPSA) is 75.6 Å². The number of aliphatic carboxylic acids is 1. The van der Waals surface area contributed by atoms with Crippen LogP contribution in [0.3, 0.4) is 0 Å². The van der Waals surface area contributed by atoms with E-state index in [2.05, 4.69) is 34.5 Å². The number of hydrogen-bond acceptors (Lipinski definition) is 3. The summed E-state index contributed by atoms with van der Waals surface area (Å²) in [5.74, 6) is -0.951. The Morgan fingerprint density at radius 3 is 2.60 bits per heavy atom. The number of carbonyl (C=O) groups is 2. The van der Waals surface area contributed by atoms with Gasteiger partial charge < -0.3 is 15.2 Å². The number of carbonyl (C=O) groups excluding carboxylic acids is 1. The van der Waals surface area contributed by atoms with Crippen molar-refractivity contribution in [1.29, 1.82) is 0 Å². The minimum Gasteiger partial charge on any atom is -0.484 e. The number of rotatable bonds is 8. The zero-order chi connectivity index (χ0) is 15.0. The molecule has 0 spiro atoms. The van der Waals surface area contributed by atoms with E-state index in [0.717, 1.165) is 3.57 Å². The lowest BCUT2D eigenvalue weighted by Crippen LogP contribution is -2.42. The number of carboxylic acid groups (broad SMARTS) is 1. The van der Waals surface area contributed by atoms with Crippen LogP contribution in [0.4, 0.5) is 0 Å². The van der Waals surface area contributed by atoms with Crippen molar-refractivity contribution in [2.45, 2.75) is 18.9 Å². The lowest BCUT2D eigenvalue weighted by atomic mass is 10.1. The number of allylic oxidation sites excluding steroid dienone is 1. The first kappa shape index (κ1) is 16.5. The summed E-state index contributed by atoms with van der Waals surface area (Å²) < 4.78 is 6.34. The van der Waals surface area contributed by atoms with Crippen LogP contribution in [-0.4, -0.2) is 29.6 Å². The molecule has 1 atom stereocenters. The van der Waals surface area contributed by atoms with Crippen molar-refractivity contribution >= 4 is 34.5 Å². The Balaban J connectivity index is 2.43. The Hall–Kier alpha value is -1.57. The normalized spacial score (nSPS) is 11.4. The average molecular weight is 389 g/mol. The van der Waals surface area contributed by atoms with Gasteiger partial charge in [0.05, 0.1) is 0 Å². The van der Waals surface area contributed by atoms with E-state index in [1.807, 2.05) is 12.1 Å². The third kappa shape index (κ3) is 6.05. The van der Waals surface area contributed by atoms with E-state index >= 15 is 0 Å². The van der Waals surface area contributed by atoms with Gasteiger partial charge in [0.1, 0.15) is 11.8 Å². The van der Waals surface area contributed by atoms with Crippen LogP contribution in [0, 0.1) is 3.57 Å². The first-order valence-electron chi connectivity index (χ1n) is 6.04. The van der Waals surface area contributed by atoms with Gasteiger partial charge in [-0.3, -0.25) is 4.79 Å². The van der Waals surface area contributed by atoms with Crippen molar-refractivity contribution in [3.8, 4) is 5.75 Å². The van der Waals surface area contributed by atoms with E-state index in [1.54, 1.807) is 18.2 Å². The number of ether oxygens (including phenoxy) is 1. The molecule has 1 rings (SSSR count). The van der Waals surface area contributed by atoms with Crippen LogP contribution >= 0.6 is 22.6 Å². The van der Waals surface area contributed by atoms with Gasteiger partial charge in [-0.1, -0.05) is 6.08 Å². The van der Waals surface area contributed by atoms with Gasteiger partial charge in [0.25, 0.3) is 5.91 Å². The number of hydrogen-bond donors (Lipinski definition) is 2. The average Bonchev–Trinajstić information content (AvgIpc) is 2.42. The molecule has 2 N–H and O–H groups in total. The van der Waals surface area contributed by atoms with Crippen LogP contribution in [0.5, 0.6) is 5.75 Å². The summed E-state index contributed by atoms with van der Waals surface area (Å²) in [4.78, 5) is 22.6. The molecule has 0 fully saturated rings. The zero-order valence-corrected chi connectivity index (χ0v) is 13.0. The molecule has 0 aromatic heterocycles. The van der Waals surface area contributed by atoms with E-state index in [9.17, 15) is 9.59 Å². The fraction of sp³-hybridized carbons (Fsp3) is 0.286. The fourth-order valence-corrected chi connectivity index (χ4v) is 1.82. The largest absolute Gasteiger partial charge is 0.484 e. The van der Waals surface area contributed by atoms with E-state index in [-0.39, 0.29) is 6.61 Å². The van der Waals surface area contributed by atoms with Gasteiger partial charge >= 0.3 is 5.97 Å². The molecule has 0 aliphatic carbocycles. The summed E-state index contributed by atoms with van der Waals surface area (Å²) in [6.45, 7) is 3.31. The molecule has 1 aromatic rings. The molecule has 108 valence electrons. The Bertz CT molecular complexity index is 473. The van der Waals surface area contributed by atoms with Crippen molar-refractivity contribution in [3.63, 3.8) is 0 Å². The van der Waals surface area contributed by atoms with E-state index in [0.29, 0.717) is 18.6 Å². The molecule has 0 radical (unpaired) electrons. The standard InChI is InChI=1S/C14H16INO4/c1-2-3-4-12(14(18)19)16-13(17)9-20-11-7-5-10(15)6-8-11/h2,5-8,12H,1,3-4,9H2,(H,16,17)(H,18,19). The molecule has 5 nitrogen and oxygen atoms in total. The van der Waals surface area contributed by atoms with Crippen molar-refractivity contribution in [3.05, 3.63) is 40.5 Å². The summed E-state index contributed by atoms with van der Waals surface area (Å²) in [6.07, 6.45) is 2.45. The summed E-state index contributed by atoms with van der Waals surface area (Å²) in [5.41, 5.74) is 0. The quantitative estimate of drug-likeness (QED) is 0.528. The minimum atomic E-state index is -1.06. The third-order valence-corrected chi connectivity index (χ3v) is 3.20. The summed E-state index contributed by atoms with van der Waals surface area (Å²) in [5, 5.41) is 11.4. The van der Waals surface area contributed by atoms with Gasteiger partial charge in [0.15, 0.2) is 6.61 Å². The second-order valence-corrected chi connectivity index (χ2v) is 5.31. The maximum absolute atomic E-state index is 11.6. The second-order valence-electron chi connectivity index (χ2n) is 4.07. The first-order valence-corrected chi connectivity index (χ1v) is 7.12. The molecule has 1 unspecified atom stereocenters. The molecule has 0 heterocycles. The van der Waals surface area contributed by atoms with Gasteiger partial charge in [0.2, 0.25) is 0 Å². The zero-order valence-electron chi connectivity index (χ0n) is 10.8. The third-order valence-electron chi connectivity index (χ3n) is 2.48. The molecular formula is C14H16INO4. The molecule has 0 saturated carbocycles. The van der Waals surface area contributed by atoms with E-state index < -0.39 is 17.9 Å². The Morgan fingerprint density at radius 1 is 1.40 bits per heavy atom. The van der Waals surface area contributed by atoms with Crippen LogP contribution in [0.1, 0.15) is 12.8 Å². The van der Waals surface area contributed by atoms with Gasteiger partial charge in [0, 0.05) is 3.57 Å². The second kappa shape index (κ2) is 8.57. The summed E-state index contributed by atoms with van der Waals surface area (Å²) in [7, 11) is 0. The number of amides is 1. The van der Waals surface area contributed by atoms with Crippen molar-refractivity contribution in [2.75, 3.05) is 6.61 Å². The number of carboxylic acids is 1. The van der Waals surface area contributed by atoms with Crippen LogP contribution < -0.4 is 10.1 Å². The van der Waals surface area contributed by atoms with Crippen molar-refractivity contribution in [2.24, 2.45) is 0 Å². The predicted molar refractivity (Wildman–Crippen MR) is 83.7 cm³/mol. The maximum atomic E-state index is 11.6. The summed E-state index contributed by atoms with van der Waals surface area (Å²) >= 11 is 2.17. The molecule has 6 heteroatoms. The van der Waals surface area contributed by atoms with Gasteiger partial charge in [-0.15, -0.1) is 6.58 Å². The highest BCUT2D eigenvalue weighted by Crippen LogP contribution is 2.13. The molecule has 20 heavy (non-hydrogen) atoms. The van der Waals surface area contributed by atoms with Crippen molar-refractivity contribution in [1.82, 2.24) is 5.32 Å². The van der Waals surface area contributed by atoms with E-state index in [4.69, 9.17) is 9.84 Å². The Morgan fingerprint density at radius 2 is 2.05 bits per heavy atom. The van der Waals surface area contributed by atoms with Gasteiger partial charge in [-0.05, 0) is 59.7 Å². The number of benzene rings is 1. The molecule has 0 saturated heterocycles. The van der Waals surface area contributed by atoms with Crippen LogP contribution in [0.25, 0.3) is 0 Å². The number of halogens is 1. The minimum absolute atomic E-state index is 0.210. The number of nitrogens with one attached hydrogen (secondary N) is 1. The highest BCUT2D eigenvalue weighted by atomic mass is 127. The monoisotopic (exact) mass is 389 g/mol. The summed E-state index contributed by atoms with van der Waals surface area (Å²) in [6, 6.07) is 6.31. The molecule has 0 aliphatic rings. The Labute approximate surface area is 131 Å². The molecule has 1 amide bonds. The predicted octanol–water partition coefficient (Wildman–Crippen LogP) is 2.21. The molecular weight excluding hydrogens is 373 g/mol. The smallest absolute Gasteiger partial charge is 0.326 e. The highest BCUT2D eigenvalue weighted by molar-refractivity contribution is 14.1. The fourth-order valence-electron chi connectivity index (χ4n) is 1.46. The lowest BCUT2D eigenvalue weighted by Gasteiger charge is -2.14. The van der Waals surface area contributed by atoms with Crippen LogP contribution in [0.2, 0.25) is 0 Å². The van der Waals surface area contributed by atoms with Crippen molar-refractivity contribution < 1.29 is 19.4 Å². The maximum Gasteiger partial charge on any atom is 0.326 e. The van der Waals surface area contributed by atoms with Gasteiger partial charge in [-0.25, -0.2) is 4.79 Å². The van der Waals surface area contributed by atoms with Crippen LogP contribution in [-0.2, 0) is 9.59 Å². The SMILES string of the molecule is C=CCCC(NC(=O)COc1ccc(I)cc1)C(=O)O. The molecule has 0 bridgehead atoms.